The van der Waals surface area contributed by atoms with Gasteiger partial charge in [0.15, 0.2) is 0 Å². The maximum Gasteiger partial charge on any atom is 0.335 e. The number of carboxylic acids is 1. The van der Waals surface area contributed by atoms with Gasteiger partial charge < -0.3 is 9.52 Å². The Kier molecular flexibility index (Phi) is 3.97. The predicted octanol–water partition coefficient (Wildman–Crippen LogP) is 3.42. The molecule has 0 aliphatic heterocycles. The maximum atomic E-state index is 13.6. The second-order valence-electron chi connectivity index (χ2n) is 3.69. The number of halogens is 2. The molecule has 4 nitrogen and oxygen atoms in total. The van der Waals surface area contributed by atoms with Crippen molar-refractivity contribution in [2.45, 2.75) is 5.88 Å². The largest absolute Gasteiger partial charge is 0.478 e. The minimum absolute atomic E-state index is 0.102. The Balaban J connectivity index is 2.21. The highest BCUT2D eigenvalue weighted by atomic mass is 35.5. The first-order valence-corrected chi connectivity index (χ1v) is 5.85. The molecule has 0 aliphatic rings. The van der Waals surface area contributed by atoms with Crippen LogP contribution in [-0.4, -0.2) is 16.1 Å². The highest BCUT2D eigenvalue weighted by molar-refractivity contribution is 6.16. The van der Waals surface area contributed by atoms with Crippen molar-refractivity contribution >= 4 is 29.7 Å². The van der Waals surface area contributed by atoms with Crippen molar-refractivity contribution < 1.29 is 18.7 Å². The Labute approximate surface area is 113 Å². The molecule has 0 atom stereocenters. The number of carboxylic acid groups (broad SMARTS) is 1. The van der Waals surface area contributed by atoms with Gasteiger partial charge in [0, 0.05) is 11.6 Å². The van der Waals surface area contributed by atoms with Gasteiger partial charge in [0.05, 0.1) is 17.1 Å². The summed E-state index contributed by atoms with van der Waals surface area (Å²) in [6, 6.07) is 3.66. The molecule has 0 saturated carbocycles. The van der Waals surface area contributed by atoms with Gasteiger partial charge in [-0.3, -0.25) is 0 Å². The van der Waals surface area contributed by atoms with Crippen molar-refractivity contribution in [3.05, 3.63) is 53.0 Å². The molecule has 19 heavy (non-hydrogen) atoms. The number of hydrogen-bond donors (Lipinski definition) is 1. The lowest BCUT2D eigenvalue weighted by Crippen LogP contribution is -1.97. The summed E-state index contributed by atoms with van der Waals surface area (Å²) in [7, 11) is 0. The zero-order valence-corrected chi connectivity index (χ0v) is 10.4. The summed E-state index contributed by atoms with van der Waals surface area (Å²) in [5.74, 6) is -1.26. The van der Waals surface area contributed by atoms with E-state index in [0.29, 0.717) is 11.6 Å². The van der Waals surface area contributed by atoms with Crippen LogP contribution in [0.15, 0.2) is 28.9 Å². The number of rotatable bonds is 4. The summed E-state index contributed by atoms with van der Waals surface area (Å²) >= 11 is 5.57. The number of oxazole rings is 1. The molecule has 0 amide bonds. The topological polar surface area (TPSA) is 63.3 Å². The van der Waals surface area contributed by atoms with Gasteiger partial charge in [-0.15, -0.1) is 11.6 Å². The molecular formula is C13H9ClFNO3. The Bertz CT molecular complexity index is 637. The minimum atomic E-state index is -1.17. The van der Waals surface area contributed by atoms with Crippen LogP contribution in [-0.2, 0) is 5.88 Å². The number of hydrogen-bond acceptors (Lipinski definition) is 3. The smallest absolute Gasteiger partial charge is 0.335 e. The fraction of sp³-hybridized carbons (Fsp3) is 0.0769. The molecular weight excluding hydrogens is 273 g/mol. The molecule has 0 aliphatic carbocycles. The van der Waals surface area contributed by atoms with Gasteiger partial charge in [0.2, 0.25) is 5.89 Å². The summed E-state index contributed by atoms with van der Waals surface area (Å²) in [4.78, 5) is 14.7. The van der Waals surface area contributed by atoms with Crippen LogP contribution in [0.5, 0.6) is 0 Å². The molecule has 0 bridgehead atoms. The van der Waals surface area contributed by atoms with Gasteiger partial charge in [-0.2, -0.15) is 0 Å². The molecule has 1 aromatic carbocycles. The van der Waals surface area contributed by atoms with Gasteiger partial charge in [0.1, 0.15) is 12.1 Å². The molecule has 0 saturated heterocycles. The number of nitrogens with zero attached hydrogens (tertiary/aromatic N) is 1. The fourth-order valence-electron chi connectivity index (χ4n) is 1.42. The first kappa shape index (κ1) is 13.3. The van der Waals surface area contributed by atoms with Crippen molar-refractivity contribution in [2.24, 2.45) is 0 Å². The predicted molar refractivity (Wildman–Crippen MR) is 68.3 cm³/mol. The molecule has 6 heteroatoms. The molecule has 0 spiro atoms. The number of aromatic nitrogens is 1. The summed E-state index contributed by atoms with van der Waals surface area (Å²) in [5, 5.41) is 8.72. The molecule has 1 aromatic heterocycles. The summed E-state index contributed by atoms with van der Waals surface area (Å²) < 4.78 is 18.7. The second-order valence-corrected chi connectivity index (χ2v) is 3.95. The second kappa shape index (κ2) is 5.67. The number of benzene rings is 1. The monoisotopic (exact) mass is 281 g/mol. The van der Waals surface area contributed by atoms with Crippen molar-refractivity contribution in [2.75, 3.05) is 0 Å². The van der Waals surface area contributed by atoms with Crippen molar-refractivity contribution in [3.8, 4) is 0 Å². The molecule has 1 heterocycles. The highest BCUT2D eigenvalue weighted by Gasteiger charge is 2.06. The van der Waals surface area contributed by atoms with Crippen LogP contribution in [0.4, 0.5) is 4.39 Å². The summed E-state index contributed by atoms with van der Waals surface area (Å²) in [6.07, 6.45) is 4.34. The average Bonchev–Trinajstić information content (AvgIpc) is 2.85. The lowest BCUT2D eigenvalue weighted by molar-refractivity contribution is 0.0696. The fourth-order valence-corrected chi connectivity index (χ4v) is 1.54. The van der Waals surface area contributed by atoms with E-state index in [1.54, 1.807) is 0 Å². The van der Waals surface area contributed by atoms with Crippen molar-refractivity contribution in [1.82, 2.24) is 4.98 Å². The van der Waals surface area contributed by atoms with Crippen LogP contribution in [0, 0.1) is 5.82 Å². The zero-order valence-electron chi connectivity index (χ0n) is 9.64. The molecule has 0 unspecified atom stereocenters. The van der Waals surface area contributed by atoms with E-state index in [0.717, 1.165) is 6.07 Å². The van der Waals surface area contributed by atoms with E-state index in [2.05, 4.69) is 4.98 Å². The van der Waals surface area contributed by atoms with E-state index in [1.807, 2.05) is 0 Å². The molecule has 2 rings (SSSR count). The van der Waals surface area contributed by atoms with Gasteiger partial charge in [0.25, 0.3) is 0 Å². The van der Waals surface area contributed by atoms with Crippen molar-refractivity contribution in [1.29, 1.82) is 0 Å². The third-order valence-corrected chi connectivity index (χ3v) is 2.63. The molecule has 1 N–H and O–H groups in total. The van der Waals surface area contributed by atoms with E-state index in [9.17, 15) is 9.18 Å². The van der Waals surface area contributed by atoms with Crippen molar-refractivity contribution in [3.63, 3.8) is 0 Å². The Morgan fingerprint density at radius 2 is 2.26 bits per heavy atom. The first-order valence-electron chi connectivity index (χ1n) is 5.31. The number of aromatic carboxylic acids is 1. The van der Waals surface area contributed by atoms with Gasteiger partial charge in [-0.1, -0.05) is 6.07 Å². The molecule has 0 radical (unpaired) electrons. The standard InChI is InChI=1S/C13H9ClFNO3/c14-6-10-7-19-12(16-10)4-3-8-1-2-9(13(17)18)5-11(8)15/h1-5,7H,6H2,(H,17,18)/b4-3+. The quantitative estimate of drug-likeness (QED) is 0.872. The minimum Gasteiger partial charge on any atom is -0.478 e. The normalized spacial score (nSPS) is 11.1. The Hall–Kier alpha value is -2.14. The lowest BCUT2D eigenvalue weighted by Gasteiger charge is -1.98. The van der Waals surface area contributed by atoms with Gasteiger partial charge >= 0.3 is 5.97 Å². The molecule has 98 valence electrons. The van der Waals surface area contributed by atoms with E-state index in [4.69, 9.17) is 21.1 Å². The van der Waals surface area contributed by atoms with E-state index in [-0.39, 0.29) is 17.0 Å². The Morgan fingerprint density at radius 1 is 1.47 bits per heavy atom. The highest BCUT2D eigenvalue weighted by Crippen LogP contribution is 2.14. The van der Waals surface area contributed by atoms with E-state index < -0.39 is 11.8 Å². The maximum absolute atomic E-state index is 13.6. The van der Waals surface area contributed by atoms with E-state index in [1.165, 1.54) is 30.5 Å². The van der Waals surface area contributed by atoms with Crippen LogP contribution >= 0.6 is 11.6 Å². The number of alkyl halides is 1. The summed E-state index contributed by atoms with van der Waals surface area (Å²) in [6.45, 7) is 0. The van der Waals surface area contributed by atoms with Crippen LogP contribution in [0.3, 0.4) is 0 Å². The van der Waals surface area contributed by atoms with Gasteiger partial charge in [-0.25, -0.2) is 14.2 Å². The summed E-state index contributed by atoms with van der Waals surface area (Å²) in [5.41, 5.74) is 0.730. The molecule has 2 aromatic rings. The average molecular weight is 282 g/mol. The zero-order chi connectivity index (χ0) is 13.8. The van der Waals surface area contributed by atoms with Crippen LogP contribution in [0.2, 0.25) is 0 Å². The number of carbonyl (C=O) groups is 1. The first-order chi connectivity index (χ1) is 9.10. The van der Waals surface area contributed by atoms with Crippen LogP contribution in [0.1, 0.15) is 27.5 Å². The molecule has 0 fully saturated rings. The third-order valence-electron chi connectivity index (χ3n) is 2.36. The SMILES string of the molecule is O=C(O)c1ccc(/C=C/c2nc(CCl)co2)c(F)c1. The third kappa shape index (κ3) is 3.20. The Morgan fingerprint density at radius 3 is 2.84 bits per heavy atom. The lowest BCUT2D eigenvalue weighted by atomic mass is 10.1. The van der Waals surface area contributed by atoms with E-state index >= 15 is 0 Å². The van der Waals surface area contributed by atoms with Crippen LogP contribution in [0.25, 0.3) is 12.2 Å². The van der Waals surface area contributed by atoms with Gasteiger partial charge in [-0.05, 0) is 18.2 Å². The van der Waals surface area contributed by atoms with Crippen LogP contribution < -0.4 is 0 Å².